The van der Waals surface area contributed by atoms with Gasteiger partial charge in [0.15, 0.2) is 0 Å². The molecule has 0 saturated carbocycles. The first-order valence-corrected chi connectivity index (χ1v) is 22.6. The first-order chi connectivity index (χ1) is 30.6. The van der Waals surface area contributed by atoms with Crippen molar-refractivity contribution in [1.29, 1.82) is 0 Å². The summed E-state index contributed by atoms with van der Waals surface area (Å²) in [6.45, 7) is 2.54. The van der Waals surface area contributed by atoms with Gasteiger partial charge in [0, 0.05) is 33.2 Å². The fourth-order valence-electron chi connectivity index (χ4n) is 7.87. The minimum Gasteiger partial charge on any atom is -0.497 e. The highest BCUT2D eigenvalue weighted by Crippen LogP contribution is 2.46. The summed E-state index contributed by atoms with van der Waals surface area (Å²) in [7, 11) is 2.58. The lowest BCUT2D eigenvalue weighted by Crippen LogP contribution is -2.51. The highest BCUT2D eigenvalue weighted by molar-refractivity contribution is 7.51. The van der Waals surface area contributed by atoms with Crippen molar-refractivity contribution in [3.8, 4) is 22.6 Å². The number of nitrogens with one attached hydrogen (secondary N) is 3. The van der Waals surface area contributed by atoms with E-state index >= 15 is 0 Å². The average molecular weight is 880 g/mol. The van der Waals surface area contributed by atoms with Crippen molar-refractivity contribution in [3.63, 3.8) is 0 Å². The molecule has 3 N–H and O–H groups in total. The molecule has 5 aromatic rings. The molecule has 13 nitrogen and oxygen atoms in total. The molecule has 14 heteroatoms. The zero-order valence-electron chi connectivity index (χ0n) is 36.5. The molecule has 0 bridgehead atoms. The number of hydrogen-bond donors (Lipinski definition) is 3. The summed E-state index contributed by atoms with van der Waals surface area (Å²) in [5.74, 6) is 0.712. The third-order valence-corrected chi connectivity index (χ3v) is 12.7. The van der Waals surface area contributed by atoms with Crippen LogP contribution in [0.15, 0.2) is 127 Å². The number of carbonyl (C=O) groups is 2. The van der Waals surface area contributed by atoms with E-state index in [0.717, 1.165) is 38.9 Å². The maximum atomic E-state index is 14.2. The molecule has 63 heavy (non-hydrogen) atoms. The van der Waals surface area contributed by atoms with Crippen molar-refractivity contribution in [3.05, 3.63) is 155 Å². The van der Waals surface area contributed by atoms with Crippen LogP contribution in [0, 0.1) is 0 Å². The highest BCUT2D eigenvalue weighted by Gasteiger charge is 2.40. The van der Waals surface area contributed by atoms with E-state index in [1.807, 2.05) is 103 Å². The van der Waals surface area contributed by atoms with Crippen molar-refractivity contribution in [2.45, 2.75) is 49.9 Å². The van der Waals surface area contributed by atoms with Crippen molar-refractivity contribution in [2.24, 2.45) is 0 Å². The van der Waals surface area contributed by atoms with Crippen LogP contribution >= 0.6 is 7.75 Å². The third-order valence-electron chi connectivity index (χ3n) is 11.0. The predicted octanol–water partition coefficient (Wildman–Crippen LogP) is 8.60. The molecule has 3 atom stereocenters. The molecule has 3 unspecified atom stereocenters. The molecule has 0 aliphatic heterocycles. The van der Waals surface area contributed by atoms with E-state index in [1.54, 1.807) is 28.3 Å². The van der Waals surface area contributed by atoms with E-state index in [2.05, 4.69) is 40.0 Å². The van der Waals surface area contributed by atoms with E-state index < -0.39 is 37.5 Å². The molecular formula is C49H58N3O10P. The third kappa shape index (κ3) is 11.7. The van der Waals surface area contributed by atoms with Gasteiger partial charge in [-0.25, -0.2) is 14.4 Å². The first kappa shape index (κ1) is 47.0. The van der Waals surface area contributed by atoms with Crippen molar-refractivity contribution in [1.82, 2.24) is 15.7 Å². The molecule has 0 fully saturated rings. The number of amides is 2. The fourth-order valence-corrected chi connectivity index (χ4v) is 9.13. The van der Waals surface area contributed by atoms with Gasteiger partial charge in [0.25, 0.3) is 0 Å². The quantitative estimate of drug-likeness (QED) is 0.0311. The van der Waals surface area contributed by atoms with Crippen molar-refractivity contribution in [2.75, 3.05) is 61.3 Å². The monoisotopic (exact) mass is 879 g/mol. The van der Waals surface area contributed by atoms with E-state index in [-0.39, 0.29) is 25.7 Å². The van der Waals surface area contributed by atoms with Crippen LogP contribution in [0.5, 0.6) is 11.5 Å². The highest BCUT2D eigenvalue weighted by atomic mass is 31.2. The van der Waals surface area contributed by atoms with E-state index in [9.17, 15) is 14.2 Å². The molecule has 0 saturated heterocycles. The number of methoxy groups -OCH3 is 3. The van der Waals surface area contributed by atoms with Gasteiger partial charge in [0.1, 0.15) is 29.7 Å². The number of fused-ring (bicyclic) bond motifs is 3. The second-order valence-corrected chi connectivity index (χ2v) is 17.0. The molecule has 334 valence electrons. The zero-order chi connectivity index (χ0) is 44.7. The van der Waals surface area contributed by atoms with Crippen LogP contribution in [0.1, 0.15) is 59.9 Å². The number of unbranched alkanes of at least 4 members (excludes halogenated alkanes) is 2. The van der Waals surface area contributed by atoms with Crippen LogP contribution in [0.25, 0.3) is 11.1 Å². The Labute approximate surface area is 370 Å². The van der Waals surface area contributed by atoms with Gasteiger partial charge in [0.05, 0.1) is 33.5 Å². The number of ether oxygens (including phenoxy) is 5. The van der Waals surface area contributed by atoms with Crippen LogP contribution in [0.2, 0.25) is 0 Å². The SMILES string of the molecule is COCC(C)OP(=O)(NCCCCCNC(=O)C(COC(c1ccccc1)(c1ccc(OC)cc1)c1ccc(OC)cc1)NC(=O)OCC1c2ccccc2-c2ccccc21)OC. The Kier molecular flexibility index (Phi) is 16.9. The molecule has 6 rings (SSSR count). The van der Waals surface area contributed by atoms with Gasteiger partial charge < -0.3 is 38.8 Å². The first-order valence-electron chi connectivity index (χ1n) is 21.1. The van der Waals surface area contributed by atoms with Crippen molar-refractivity contribution < 1.29 is 46.9 Å². The summed E-state index contributed by atoms with van der Waals surface area (Å²) in [5, 5.41) is 8.72. The van der Waals surface area contributed by atoms with Gasteiger partial charge in [-0.1, -0.05) is 110 Å². The van der Waals surface area contributed by atoms with Crippen LogP contribution < -0.4 is 25.2 Å². The summed E-state index contributed by atoms with van der Waals surface area (Å²) in [6, 6.07) is 39.9. The lowest BCUT2D eigenvalue weighted by Gasteiger charge is -2.37. The molecule has 2 amide bonds. The van der Waals surface area contributed by atoms with E-state index in [4.69, 9.17) is 32.7 Å². The van der Waals surface area contributed by atoms with E-state index in [1.165, 1.54) is 7.11 Å². The Morgan fingerprint density at radius 1 is 0.667 bits per heavy atom. The number of carbonyl (C=O) groups excluding carboxylic acids is 2. The normalized spacial score (nSPS) is 14.1. The predicted molar refractivity (Wildman–Crippen MR) is 242 cm³/mol. The minimum absolute atomic E-state index is 0.0705. The second-order valence-electron chi connectivity index (χ2n) is 15.1. The number of hydrogen-bond acceptors (Lipinski definition) is 10. The summed E-state index contributed by atoms with van der Waals surface area (Å²) >= 11 is 0. The lowest BCUT2D eigenvalue weighted by molar-refractivity contribution is -0.126. The number of rotatable bonds is 24. The van der Waals surface area contributed by atoms with Gasteiger partial charge in [-0.2, -0.15) is 0 Å². The number of alkyl carbamates (subject to hydrolysis) is 1. The van der Waals surface area contributed by atoms with Crippen LogP contribution in [0.3, 0.4) is 0 Å². The molecular weight excluding hydrogens is 822 g/mol. The van der Waals surface area contributed by atoms with Crippen LogP contribution in [-0.4, -0.2) is 85.5 Å². The molecule has 0 heterocycles. The molecule has 1 aliphatic rings. The maximum absolute atomic E-state index is 14.2. The van der Waals surface area contributed by atoms with E-state index in [0.29, 0.717) is 43.9 Å². The average Bonchev–Trinajstić information content (AvgIpc) is 3.64. The van der Waals surface area contributed by atoms with Gasteiger partial charge in [-0.3, -0.25) is 9.32 Å². The number of benzene rings is 5. The summed E-state index contributed by atoms with van der Waals surface area (Å²) in [5.41, 5.74) is 5.45. The largest absolute Gasteiger partial charge is 0.497 e. The second kappa shape index (κ2) is 22.7. The Morgan fingerprint density at radius 3 is 1.76 bits per heavy atom. The molecule has 0 aromatic heterocycles. The maximum Gasteiger partial charge on any atom is 0.407 e. The Bertz CT molecular complexity index is 2180. The summed E-state index contributed by atoms with van der Waals surface area (Å²) in [6.07, 6.45) is 0.759. The van der Waals surface area contributed by atoms with Gasteiger partial charge in [-0.15, -0.1) is 0 Å². The topological polar surface area (TPSA) is 152 Å². The minimum atomic E-state index is -3.50. The zero-order valence-corrected chi connectivity index (χ0v) is 37.4. The van der Waals surface area contributed by atoms with Crippen molar-refractivity contribution >= 4 is 19.7 Å². The molecule has 0 radical (unpaired) electrons. The Balaban J connectivity index is 1.21. The molecule has 1 aliphatic carbocycles. The van der Waals surface area contributed by atoms with Crippen LogP contribution in [-0.2, 0) is 38.2 Å². The Hall–Kier alpha value is -5.53. The standard InChI is InChI=1S/C49H58N3O10P/c1-35(32-56-2)62-63(55,59-5)51-31-15-7-14-30-50-47(53)46(52-48(54)60-33-45-43-20-12-10-18-41(43)42-19-11-13-21-44(42)45)34-61-49(36-16-8-6-9-17-36,37-22-26-39(57-3)27-23-37)38-24-28-40(58-4)29-25-38/h6,8-13,16-29,35,45-46H,7,14-15,30-34H2,1-5H3,(H,50,53)(H,51,55)(H,52,54). The summed E-state index contributed by atoms with van der Waals surface area (Å²) < 4.78 is 52.7. The summed E-state index contributed by atoms with van der Waals surface area (Å²) in [4.78, 5) is 28.0. The fraction of sp³-hybridized carbons (Fsp3) is 0.347. The van der Waals surface area contributed by atoms with Gasteiger partial charge in [0.2, 0.25) is 5.91 Å². The smallest absolute Gasteiger partial charge is 0.407 e. The molecule has 5 aromatic carbocycles. The molecule has 0 spiro atoms. The van der Waals surface area contributed by atoms with Crippen LogP contribution in [0.4, 0.5) is 4.79 Å². The van der Waals surface area contributed by atoms with Gasteiger partial charge >= 0.3 is 13.8 Å². The lowest BCUT2D eigenvalue weighted by atomic mass is 9.80. The van der Waals surface area contributed by atoms with Gasteiger partial charge in [-0.05, 0) is 83.0 Å². The Morgan fingerprint density at radius 2 is 1.21 bits per heavy atom.